The average molecular weight is 395 g/mol. The van der Waals surface area contributed by atoms with E-state index in [0.717, 1.165) is 18.4 Å². The zero-order valence-corrected chi connectivity index (χ0v) is 16.7. The van der Waals surface area contributed by atoms with Crippen molar-refractivity contribution in [2.24, 2.45) is 5.92 Å². The van der Waals surface area contributed by atoms with Gasteiger partial charge in [0.1, 0.15) is 0 Å². The summed E-state index contributed by atoms with van der Waals surface area (Å²) in [5, 5.41) is 3.38. The molecular formula is C20H27ClN2O4. The van der Waals surface area contributed by atoms with Gasteiger partial charge in [0.15, 0.2) is 11.5 Å². The molecule has 1 saturated carbocycles. The first-order valence-electron chi connectivity index (χ1n) is 9.59. The van der Waals surface area contributed by atoms with Crippen LogP contribution >= 0.6 is 11.6 Å². The van der Waals surface area contributed by atoms with Crippen LogP contribution in [0.15, 0.2) is 12.1 Å². The van der Waals surface area contributed by atoms with Crippen LogP contribution in [0.4, 0.5) is 0 Å². The molecule has 148 valence electrons. The fourth-order valence-electron chi connectivity index (χ4n) is 3.97. The molecule has 7 heteroatoms. The lowest BCUT2D eigenvalue weighted by molar-refractivity contribution is -0.130. The lowest BCUT2D eigenvalue weighted by Crippen LogP contribution is -2.36. The van der Waals surface area contributed by atoms with Crippen molar-refractivity contribution in [2.45, 2.75) is 51.6 Å². The molecule has 2 amide bonds. The second-order valence-electron chi connectivity index (χ2n) is 7.15. The van der Waals surface area contributed by atoms with Gasteiger partial charge in [0.2, 0.25) is 11.8 Å². The first kappa shape index (κ1) is 19.8. The summed E-state index contributed by atoms with van der Waals surface area (Å²) in [6.07, 6.45) is 4.77. The first-order valence-corrected chi connectivity index (χ1v) is 9.97. The van der Waals surface area contributed by atoms with Gasteiger partial charge in [0.25, 0.3) is 0 Å². The Hall–Kier alpha value is -1.95. The van der Waals surface area contributed by atoms with Crippen molar-refractivity contribution >= 4 is 23.4 Å². The van der Waals surface area contributed by atoms with Crippen LogP contribution in [0.1, 0.15) is 44.6 Å². The minimum absolute atomic E-state index is 0.0900. The van der Waals surface area contributed by atoms with Crippen molar-refractivity contribution in [1.29, 1.82) is 0 Å². The van der Waals surface area contributed by atoms with Crippen LogP contribution in [0.2, 0.25) is 5.02 Å². The predicted molar refractivity (Wildman–Crippen MR) is 103 cm³/mol. The van der Waals surface area contributed by atoms with E-state index in [2.05, 4.69) is 5.32 Å². The molecule has 0 bridgehead atoms. The number of carbonyl (C=O) groups is 2. The number of benzene rings is 1. The molecule has 0 spiro atoms. The molecule has 1 saturated heterocycles. The van der Waals surface area contributed by atoms with Gasteiger partial charge in [0, 0.05) is 25.6 Å². The highest BCUT2D eigenvalue weighted by molar-refractivity contribution is 6.32. The van der Waals surface area contributed by atoms with Gasteiger partial charge in [0.05, 0.1) is 24.7 Å². The monoisotopic (exact) mass is 394 g/mol. The van der Waals surface area contributed by atoms with E-state index >= 15 is 0 Å². The molecule has 1 heterocycles. The summed E-state index contributed by atoms with van der Waals surface area (Å²) >= 11 is 6.28. The maximum Gasteiger partial charge on any atom is 0.225 e. The van der Waals surface area contributed by atoms with Crippen LogP contribution in [0.25, 0.3) is 0 Å². The molecule has 1 aromatic carbocycles. The Morgan fingerprint density at radius 3 is 2.74 bits per heavy atom. The average Bonchev–Trinajstić information content (AvgIpc) is 3.31. The standard InChI is InChI=1S/C20H27ClN2O4/c1-3-27-19-16(21)8-13(9-17(19)26-2)11-22-20(25)14-10-18(24)23(12-14)15-6-4-5-7-15/h8-9,14-15H,3-7,10-12H2,1-2H3,(H,22,25)/t14-/m0/s1. The Morgan fingerprint density at radius 2 is 2.07 bits per heavy atom. The normalized spacial score (nSPS) is 20.2. The van der Waals surface area contributed by atoms with Gasteiger partial charge in [-0.3, -0.25) is 9.59 Å². The summed E-state index contributed by atoms with van der Waals surface area (Å²) in [4.78, 5) is 26.7. The molecule has 0 unspecified atom stereocenters. The zero-order valence-electron chi connectivity index (χ0n) is 15.9. The fourth-order valence-corrected chi connectivity index (χ4v) is 4.26. The van der Waals surface area contributed by atoms with Gasteiger partial charge in [-0.05, 0) is 37.5 Å². The van der Waals surface area contributed by atoms with Crippen molar-refractivity contribution < 1.29 is 19.1 Å². The van der Waals surface area contributed by atoms with Gasteiger partial charge < -0.3 is 19.7 Å². The van der Waals surface area contributed by atoms with E-state index in [4.69, 9.17) is 21.1 Å². The maximum absolute atomic E-state index is 12.6. The molecule has 1 N–H and O–H groups in total. The molecule has 1 aliphatic carbocycles. The molecule has 1 aromatic rings. The smallest absolute Gasteiger partial charge is 0.225 e. The van der Waals surface area contributed by atoms with Gasteiger partial charge in [-0.15, -0.1) is 0 Å². The Labute approximate surface area is 165 Å². The van der Waals surface area contributed by atoms with Crippen LogP contribution in [0, 0.1) is 5.92 Å². The van der Waals surface area contributed by atoms with Crippen LogP contribution in [-0.4, -0.2) is 43.0 Å². The van der Waals surface area contributed by atoms with Gasteiger partial charge in [-0.1, -0.05) is 24.4 Å². The third-order valence-corrected chi connectivity index (χ3v) is 5.62. The first-order chi connectivity index (χ1) is 13.0. The van der Waals surface area contributed by atoms with Crippen molar-refractivity contribution in [1.82, 2.24) is 10.2 Å². The van der Waals surface area contributed by atoms with E-state index < -0.39 is 0 Å². The van der Waals surface area contributed by atoms with Crippen molar-refractivity contribution in [3.05, 3.63) is 22.7 Å². The summed E-state index contributed by atoms with van der Waals surface area (Å²) in [5.41, 5.74) is 0.825. The zero-order chi connectivity index (χ0) is 19.4. The number of ether oxygens (including phenoxy) is 2. The highest BCUT2D eigenvalue weighted by Gasteiger charge is 2.38. The maximum atomic E-state index is 12.6. The fraction of sp³-hybridized carbons (Fsp3) is 0.600. The van der Waals surface area contributed by atoms with E-state index in [1.54, 1.807) is 13.2 Å². The molecule has 1 aliphatic heterocycles. The molecule has 3 rings (SSSR count). The Balaban J connectivity index is 1.59. The van der Waals surface area contributed by atoms with Gasteiger partial charge in [-0.2, -0.15) is 0 Å². The number of nitrogens with zero attached hydrogens (tertiary/aromatic N) is 1. The number of carbonyl (C=O) groups excluding carboxylic acids is 2. The van der Waals surface area contributed by atoms with Crippen LogP contribution in [-0.2, 0) is 16.1 Å². The van der Waals surface area contributed by atoms with Crippen molar-refractivity contribution in [2.75, 3.05) is 20.3 Å². The number of halogens is 1. The molecule has 27 heavy (non-hydrogen) atoms. The number of methoxy groups -OCH3 is 1. The topological polar surface area (TPSA) is 67.9 Å². The second kappa shape index (κ2) is 8.83. The molecule has 0 aromatic heterocycles. The Morgan fingerprint density at radius 1 is 1.33 bits per heavy atom. The highest BCUT2D eigenvalue weighted by Crippen LogP contribution is 2.36. The van der Waals surface area contributed by atoms with Crippen LogP contribution < -0.4 is 14.8 Å². The van der Waals surface area contributed by atoms with Crippen LogP contribution in [0.5, 0.6) is 11.5 Å². The van der Waals surface area contributed by atoms with E-state index in [1.807, 2.05) is 17.9 Å². The third-order valence-electron chi connectivity index (χ3n) is 5.34. The summed E-state index contributed by atoms with van der Waals surface area (Å²) in [6, 6.07) is 3.89. The quantitative estimate of drug-likeness (QED) is 0.771. The number of likely N-dealkylation sites (tertiary alicyclic amines) is 1. The number of hydrogen-bond acceptors (Lipinski definition) is 4. The number of nitrogens with one attached hydrogen (secondary N) is 1. The largest absolute Gasteiger partial charge is 0.493 e. The summed E-state index contributed by atoms with van der Waals surface area (Å²) in [6.45, 7) is 3.22. The van der Waals surface area contributed by atoms with Gasteiger partial charge in [-0.25, -0.2) is 0 Å². The van der Waals surface area contributed by atoms with Crippen molar-refractivity contribution in [3.8, 4) is 11.5 Å². The molecule has 0 radical (unpaired) electrons. The van der Waals surface area contributed by atoms with Crippen molar-refractivity contribution in [3.63, 3.8) is 0 Å². The minimum atomic E-state index is -0.279. The molecule has 1 atom stereocenters. The SMILES string of the molecule is CCOc1c(Cl)cc(CNC(=O)[C@H]2CC(=O)N(C3CCCC3)C2)cc1OC. The number of rotatable bonds is 7. The predicted octanol–water partition coefficient (Wildman–Crippen LogP) is 3.15. The second-order valence-corrected chi connectivity index (χ2v) is 7.55. The van der Waals surface area contributed by atoms with E-state index in [-0.39, 0.29) is 17.7 Å². The lowest BCUT2D eigenvalue weighted by atomic mass is 10.1. The summed E-state index contributed by atoms with van der Waals surface area (Å²) in [7, 11) is 1.55. The Bertz CT molecular complexity index is 703. The van der Waals surface area contributed by atoms with E-state index in [9.17, 15) is 9.59 Å². The van der Waals surface area contributed by atoms with E-state index in [1.165, 1.54) is 12.8 Å². The van der Waals surface area contributed by atoms with E-state index in [0.29, 0.717) is 48.7 Å². The molecular weight excluding hydrogens is 368 g/mol. The summed E-state index contributed by atoms with van der Waals surface area (Å²) < 4.78 is 10.8. The number of amides is 2. The Kier molecular flexibility index (Phi) is 6.47. The third kappa shape index (κ3) is 4.49. The molecule has 2 aliphatic rings. The summed E-state index contributed by atoms with van der Waals surface area (Å²) in [5.74, 6) is 0.779. The lowest BCUT2D eigenvalue weighted by Gasteiger charge is -2.23. The number of hydrogen-bond donors (Lipinski definition) is 1. The minimum Gasteiger partial charge on any atom is -0.493 e. The molecule has 2 fully saturated rings. The van der Waals surface area contributed by atoms with Gasteiger partial charge >= 0.3 is 0 Å². The molecule has 6 nitrogen and oxygen atoms in total. The van der Waals surface area contributed by atoms with Crippen LogP contribution in [0.3, 0.4) is 0 Å². The highest BCUT2D eigenvalue weighted by atomic mass is 35.5.